The summed E-state index contributed by atoms with van der Waals surface area (Å²) in [5.41, 5.74) is 1.75. The molecule has 0 aliphatic carbocycles. The molecule has 0 saturated carbocycles. The van der Waals surface area contributed by atoms with E-state index in [-0.39, 0.29) is 23.0 Å². The summed E-state index contributed by atoms with van der Waals surface area (Å²) in [5, 5.41) is 13.3. The van der Waals surface area contributed by atoms with Gasteiger partial charge in [-0.1, -0.05) is 75.0 Å². The van der Waals surface area contributed by atoms with Crippen molar-refractivity contribution in [1.82, 2.24) is 20.5 Å². The number of nitrogens with zero attached hydrogens (tertiary/aromatic N) is 2. The fourth-order valence-electron chi connectivity index (χ4n) is 2.63. The summed E-state index contributed by atoms with van der Waals surface area (Å²) < 4.78 is 0. The van der Waals surface area contributed by atoms with Crippen molar-refractivity contribution >= 4 is 29.3 Å². The van der Waals surface area contributed by atoms with E-state index in [1.165, 1.54) is 11.8 Å². The first-order chi connectivity index (χ1) is 14.3. The minimum absolute atomic E-state index is 0.139. The summed E-state index contributed by atoms with van der Waals surface area (Å²) in [6, 6.07) is 16.6. The zero-order valence-corrected chi connectivity index (χ0v) is 18.0. The molecule has 3 N–H and O–H groups in total. The Morgan fingerprint density at radius 1 is 1.03 bits per heavy atom. The molecule has 7 nitrogen and oxygen atoms in total. The second-order valence-electron chi connectivity index (χ2n) is 7.77. The number of rotatable bonds is 7. The quantitative estimate of drug-likeness (QED) is 0.503. The van der Waals surface area contributed by atoms with Gasteiger partial charge in [0.15, 0.2) is 0 Å². The molecular formula is C22H25N5O2S. The fraction of sp³-hybridized carbons (Fsp3) is 0.273. The minimum atomic E-state index is -0.244. The van der Waals surface area contributed by atoms with Crippen molar-refractivity contribution in [3.8, 4) is 0 Å². The van der Waals surface area contributed by atoms with Crippen LogP contribution in [0.15, 0.2) is 59.8 Å². The Balaban J connectivity index is 1.58. The third kappa shape index (κ3) is 5.93. The highest BCUT2D eigenvalue weighted by Gasteiger charge is 2.19. The number of amides is 2. The van der Waals surface area contributed by atoms with Crippen LogP contribution >= 0.6 is 11.8 Å². The van der Waals surface area contributed by atoms with Gasteiger partial charge in [0.25, 0.3) is 5.91 Å². The molecule has 1 heterocycles. The number of benzene rings is 2. The van der Waals surface area contributed by atoms with Crippen molar-refractivity contribution in [3.05, 3.63) is 71.5 Å². The zero-order chi connectivity index (χ0) is 21.6. The maximum Gasteiger partial charge on any atom is 0.253 e. The molecule has 30 heavy (non-hydrogen) atoms. The highest BCUT2D eigenvalue weighted by molar-refractivity contribution is 7.99. The average molecular weight is 424 g/mol. The number of nitrogens with one attached hydrogen (secondary N) is 3. The summed E-state index contributed by atoms with van der Waals surface area (Å²) in [7, 11) is 0. The van der Waals surface area contributed by atoms with Gasteiger partial charge in [0, 0.05) is 12.0 Å². The summed E-state index contributed by atoms with van der Waals surface area (Å²) >= 11 is 1.24. The first kappa shape index (κ1) is 21.6. The van der Waals surface area contributed by atoms with Crippen LogP contribution in [0, 0.1) is 0 Å². The molecule has 2 aromatic carbocycles. The molecular weight excluding hydrogens is 398 g/mol. The predicted molar refractivity (Wildman–Crippen MR) is 118 cm³/mol. The van der Waals surface area contributed by atoms with Crippen LogP contribution in [0.5, 0.6) is 0 Å². The lowest BCUT2D eigenvalue weighted by atomic mass is 9.96. The van der Waals surface area contributed by atoms with E-state index in [1.807, 2.05) is 51.1 Å². The third-order valence-electron chi connectivity index (χ3n) is 4.25. The molecule has 0 spiro atoms. The zero-order valence-electron chi connectivity index (χ0n) is 17.2. The van der Waals surface area contributed by atoms with E-state index in [0.29, 0.717) is 23.0 Å². The van der Waals surface area contributed by atoms with Gasteiger partial charge in [0.2, 0.25) is 11.1 Å². The molecule has 156 valence electrons. The van der Waals surface area contributed by atoms with Gasteiger partial charge in [0.1, 0.15) is 5.82 Å². The Hall–Kier alpha value is -3.13. The van der Waals surface area contributed by atoms with Gasteiger partial charge < -0.3 is 10.6 Å². The highest BCUT2D eigenvalue weighted by Crippen LogP contribution is 2.21. The summed E-state index contributed by atoms with van der Waals surface area (Å²) in [6.07, 6.45) is 0. The maximum absolute atomic E-state index is 12.6. The number of carbonyl (C=O) groups excluding carboxylic acids is 2. The number of anilines is 1. The van der Waals surface area contributed by atoms with Gasteiger partial charge in [-0.15, -0.1) is 5.10 Å². The molecule has 2 amide bonds. The molecule has 8 heteroatoms. The number of aromatic nitrogens is 3. The number of thioether (sulfide) groups is 1. The van der Waals surface area contributed by atoms with Crippen molar-refractivity contribution in [1.29, 1.82) is 0 Å². The van der Waals surface area contributed by atoms with Crippen molar-refractivity contribution in [2.45, 2.75) is 37.9 Å². The summed E-state index contributed by atoms with van der Waals surface area (Å²) in [5.74, 6) is 0.434. The second kappa shape index (κ2) is 9.58. The lowest BCUT2D eigenvalue weighted by molar-refractivity contribution is -0.113. The van der Waals surface area contributed by atoms with Crippen LogP contribution in [-0.2, 0) is 16.8 Å². The average Bonchev–Trinajstić information content (AvgIpc) is 3.21. The molecule has 3 aromatic rings. The molecule has 0 unspecified atom stereocenters. The number of hydrogen-bond donors (Lipinski definition) is 3. The highest BCUT2D eigenvalue weighted by atomic mass is 32.2. The Kier molecular flexibility index (Phi) is 6.89. The molecule has 0 radical (unpaired) electrons. The van der Waals surface area contributed by atoms with Gasteiger partial charge in [-0.2, -0.15) is 0 Å². The number of H-pyrrole nitrogens is 1. The maximum atomic E-state index is 12.6. The Labute approximate surface area is 180 Å². The largest absolute Gasteiger partial charge is 0.348 e. The van der Waals surface area contributed by atoms with Crippen LogP contribution in [0.1, 0.15) is 42.5 Å². The van der Waals surface area contributed by atoms with Gasteiger partial charge in [-0.05, 0) is 17.7 Å². The first-order valence-corrected chi connectivity index (χ1v) is 10.6. The van der Waals surface area contributed by atoms with E-state index >= 15 is 0 Å². The summed E-state index contributed by atoms with van der Waals surface area (Å²) in [4.78, 5) is 29.4. The van der Waals surface area contributed by atoms with Crippen LogP contribution in [0.2, 0.25) is 0 Å². The van der Waals surface area contributed by atoms with Crippen LogP contribution < -0.4 is 10.6 Å². The van der Waals surface area contributed by atoms with Gasteiger partial charge in [-0.3, -0.25) is 14.7 Å². The molecule has 0 bridgehead atoms. The van der Waals surface area contributed by atoms with Crippen molar-refractivity contribution in [2.24, 2.45) is 0 Å². The number of aromatic amines is 1. The van der Waals surface area contributed by atoms with Gasteiger partial charge in [-0.25, -0.2) is 4.98 Å². The van der Waals surface area contributed by atoms with Crippen LogP contribution in [0.3, 0.4) is 0 Å². The Bertz CT molecular complexity index is 1010. The fourth-order valence-corrected chi connectivity index (χ4v) is 3.22. The van der Waals surface area contributed by atoms with Crippen LogP contribution in [-0.4, -0.2) is 32.7 Å². The molecule has 1 aromatic heterocycles. The van der Waals surface area contributed by atoms with Crippen LogP contribution in [0.25, 0.3) is 0 Å². The van der Waals surface area contributed by atoms with Crippen molar-refractivity contribution < 1.29 is 9.59 Å². The predicted octanol–water partition coefficient (Wildman–Crippen LogP) is 3.76. The number of para-hydroxylation sites is 1. The van der Waals surface area contributed by atoms with Gasteiger partial charge in [0.05, 0.1) is 17.0 Å². The number of carbonyl (C=O) groups is 2. The van der Waals surface area contributed by atoms with E-state index in [1.54, 1.807) is 24.3 Å². The lowest BCUT2D eigenvalue weighted by Crippen LogP contribution is -2.25. The lowest BCUT2D eigenvalue weighted by Gasteiger charge is -2.12. The van der Waals surface area contributed by atoms with E-state index in [4.69, 9.17) is 0 Å². The Morgan fingerprint density at radius 2 is 1.73 bits per heavy atom. The van der Waals surface area contributed by atoms with E-state index in [0.717, 1.165) is 11.4 Å². The smallest absolute Gasteiger partial charge is 0.253 e. The molecule has 0 atom stereocenters. The SMILES string of the molecule is CC(C)(C)c1nc(SCC(=O)Nc2ccccc2C(=O)NCc2ccccc2)n[nH]1. The third-order valence-corrected chi connectivity index (χ3v) is 5.10. The molecule has 0 fully saturated rings. The van der Waals surface area contributed by atoms with E-state index < -0.39 is 0 Å². The standard InChI is InChI=1S/C22H25N5O2S/c1-22(2,3)20-25-21(27-26-20)30-14-18(28)24-17-12-8-7-11-16(17)19(29)23-13-15-9-5-4-6-10-15/h4-12H,13-14H2,1-3H3,(H,23,29)(H,24,28)(H,25,26,27). The van der Waals surface area contributed by atoms with E-state index in [9.17, 15) is 9.59 Å². The number of hydrogen-bond acceptors (Lipinski definition) is 5. The van der Waals surface area contributed by atoms with Crippen LogP contribution in [0.4, 0.5) is 5.69 Å². The van der Waals surface area contributed by atoms with Gasteiger partial charge >= 0.3 is 0 Å². The monoisotopic (exact) mass is 423 g/mol. The molecule has 0 aliphatic rings. The molecule has 0 aliphatic heterocycles. The summed E-state index contributed by atoms with van der Waals surface area (Å²) in [6.45, 7) is 6.52. The van der Waals surface area contributed by atoms with E-state index in [2.05, 4.69) is 25.8 Å². The Morgan fingerprint density at radius 3 is 2.43 bits per heavy atom. The minimum Gasteiger partial charge on any atom is -0.348 e. The molecule has 3 rings (SSSR count). The second-order valence-corrected chi connectivity index (χ2v) is 8.71. The molecule has 0 saturated heterocycles. The topological polar surface area (TPSA) is 99.8 Å². The van der Waals surface area contributed by atoms with Crippen molar-refractivity contribution in [2.75, 3.05) is 11.1 Å². The van der Waals surface area contributed by atoms with Crippen molar-refractivity contribution in [3.63, 3.8) is 0 Å². The first-order valence-electron chi connectivity index (χ1n) is 9.59. The normalized spacial score (nSPS) is 11.2.